The van der Waals surface area contributed by atoms with Gasteiger partial charge in [0.15, 0.2) is 0 Å². The molecule has 210 valence electrons. The first kappa shape index (κ1) is 27.8. The molecule has 3 heteroatoms. The van der Waals surface area contributed by atoms with Gasteiger partial charge in [-0.2, -0.15) is 0 Å². The fourth-order valence-corrected chi connectivity index (χ4v) is 9.69. The second-order valence-electron chi connectivity index (χ2n) is 14.4. The van der Waals surface area contributed by atoms with Gasteiger partial charge < -0.3 is 9.47 Å². The van der Waals surface area contributed by atoms with Gasteiger partial charge in [-0.25, -0.2) is 4.79 Å². The SMILES string of the molecule is Cc1cccc(OC(=O)O[C@H]2CC[C@]3(C)C(=CC[C@H]4[C@H]5CC[C@H]([C@@H](C)CCCC(C)C)[C@]5(C)CC[C@H]43)C2)c1. The Bertz CT molecular complexity index is 1030. The van der Waals surface area contributed by atoms with E-state index in [4.69, 9.17) is 9.47 Å². The molecular weight excluding hydrogens is 468 g/mol. The number of ether oxygens (including phenoxy) is 2. The van der Waals surface area contributed by atoms with E-state index in [1.165, 1.54) is 51.4 Å². The Hall–Kier alpha value is -1.77. The summed E-state index contributed by atoms with van der Waals surface area (Å²) in [6.07, 6.45) is 16.0. The van der Waals surface area contributed by atoms with E-state index >= 15 is 0 Å². The first-order chi connectivity index (χ1) is 18.1. The zero-order valence-electron chi connectivity index (χ0n) is 24.9. The third-order valence-corrected chi connectivity index (χ3v) is 11.7. The summed E-state index contributed by atoms with van der Waals surface area (Å²) < 4.78 is 11.3. The van der Waals surface area contributed by atoms with Crippen molar-refractivity contribution in [2.24, 2.45) is 46.3 Å². The van der Waals surface area contributed by atoms with Crippen LogP contribution >= 0.6 is 0 Å². The molecule has 0 amide bonds. The van der Waals surface area contributed by atoms with Gasteiger partial charge in [0.1, 0.15) is 11.9 Å². The third-order valence-electron chi connectivity index (χ3n) is 11.7. The van der Waals surface area contributed by atoms with Gasteiger partial charge in [-0.05, 0) is 116 Å². The zero-order chi connectivity index (χ0) is 27.1. The standard InChI is InChI=1S/C35H52O3/c1-23(2)9-7-11-25(4)30-15-16-31-29-14-13-26-22-28(38-33(36)37-27-12-8-10-24(3)21-27)17-19-34(26,5)32(29)18-20-35(30,31)6/h8,10,12-13,21,23,25,28-32H,7,9,11,14-20,22H2,1-6H3/t25-,28-,29-,30+,31+,32+,34+,35-/m0/s1. The van der Waals surface area contributed by atoms with Gasteiger partial charge in [0, 0.05) is 6.42 Å². The Balaban J connectivity index is 1.22. The van der Waals surface area contributed by atoms with Gasteiger partial charge in [0.05, 0.1) is 0 Å². The minimum Gasteiger partial charge on any atom is -0.430 e. The maximum Gasteiger partial charge on any atom is 0.514 e. The highest BCUT2D eigenvalue weighted by Gasteiger charge is 2.59. The van der Waals surface area contributed by atoms with E-state index in [0.29, 0.717) is 11.2 Å². The van der Waals surface area contributed by atoms with Crippen LogP contribution in [0.4, 0.5) is 4.79 Å². The number of carbonyl (C=O) groups excluding carboxylic acids is 1. The van der Waals surface area contributed by atoms with E-state index in [9.17, 15) is 4.79 Å². The quantitative estimate of drug-likeness (QED) is 0.204. The molecule has 3 fully saturated rings. The number of benzene rings is 1. The van der Waals surface area contributed by atoms with Crippen LogP contribution in [0.5, 0.6) is 5.75 Å². The van der Waals surface area contributed by atoms with Gasteiger partial charge in [0.2, 0.25) is 0 Å². The van der Waals surface area contributed by atoms with Crippen LogP contribution in [0.2, 0.25) is 0 Å². The Morgan fingerprint density at radius 1 is 1.03 bits per heavy atom. The molecule has 0 unspecified atom stereocenters. The predicted molar refractivity (Wildman–Crippen MR) is 155 cm³/mol. The molecule has 1 aromatic carbocycles. The molecule has 3 saturated carbocycles. The molecule has 0 spiro atoms. The lowest BCUT2D eigenvalue weighted by molar-refractivity contribution is -0.0597. The van der Waals surface area contributed by atoms with Crippen LogP contribution in [-0.4, -0.2) is 12.3 Å². The van der Waals surface area contributed by atoms with Gasteiger partial charge in [-0.3, -0.25) is 0 Å². The first-order valence-electron chi connectivity index (χ1n) is 15.7. The third kappa shape index (κ3) is 5.33. The van der Waals surface area contributed by atoms with Gasteiger partial charge >= 0.3 is 6.16 Å². The fourth-order valence-electron chi connectivity index (χ4n) is 9.69. The zero-order valence-corrected chi connectivity index (χ0v) is 24.9. The fraction of sp³-hybridized carbons (Fsp3) is 0.743. The van der Waals surface area contributed by atoms with Crippen molar-refractivity contribution in [2.45, 2.75) is 118 Å². The summed E-state index contributed by atoms with van der Waals surface area (Å²) >= 11 is 0. The number of hydrogen-bond donors (Lipinski definition) is 0. The van der Waals surface area contributed by atoms with Crippen molar-refractivity contribution in [1.82, 2.24) is 0 Å². The number of carbonyl (C=O) groups is 1. The highest BCUT2D eigenvalue weighted by molar-refractivity contribution is 5.64. The van der Waals surface area contributed by atoms with Crippen molar-refractivity contribution >= 4 is 6.16 Å². The summed E-state index contributed by atoms with van der Waals surface area (Å²) in [4.78, 5) is 12.5. The summed E-state index contributed by atoms with van der Waals surface area (Å²) in [7, 11) is 0. The number of fused-ring (bicyclic) bond motifs is 5. The second kappa shape index (κ2) is 11.0. The topological polar surface area (TPSA) is 35.5 Å². The predicted octanol–water partition coefficient (Wildman–Crippen LogP) is 9.92. The molecule has 4 aliphatic carbocycles. The van der Waals surface area contributed by atoms with E-state index in [1.54, 1.807) is 5.57 Å². The molecule has 3 nitrogen and oxygen atoms in total. The van der Waals surface area contributed by atoms with Crippen LogP contribution in [0, 0.1) is 53.3 Å². The molecule has 0 heterocycles. The Morgan fingerprint density at radius 2 is 1.84 bits per heavy atom. The summed E-state index contributed by atoms with van der Waals surface area (Å²) in [5.74, 6) is 5.65. The number of rotatable bonds is 7. The van der Waals surface area contributed by atoms with Crippen molar-refractivity contribution in [3.05, 3.63) is 41.5 Å². The average molecular weight is 521 g/mol. The van der Waals surface area contributed by atoms with E-state index in [-0.39, 0.29) is 11.5 Å². The molecule has 4 aliphatic rings. The molecule has 0 aliphatic heterocycles. The number of aryl methyl sites for hydroxylation is 1. The second-order valence-corrected chi connectivity index (χ2v) is 14.4. The van der Waals surface area contributed by atoms with Crippen LogP contribution in [0.1, 0.15) is 111 Å². The van der Waals surface area contributed by atoms with Crippen LogP contribution in [-0.2, 0) is 4.74 Å². The Kier molecular flexibility index (Phi) is 8.05. The largest absolute Gasteiger partial charge is 0.514 e. The maximum atomic E-state index is 12.5. The highest BCUT2D eigenvalue weighted by atomic mass is 16.7. The van der Waals surface area contributed by atoms with Crippen molar-refractivity contribution < 1.29 is 14.3 Å². The molecule has 0 aromatic heterocycles. The van der Waals surface area contributed by atoms with Crippen molar-refractivity contribution in [2.75, 3.05) is 0 Å². The first-order valence-corrected chi connectivity index (χ1v) is 15.7. The normalized spacial score (nSPS) is 37.0. The van der Waals surface area contributed by atoms with E-state index in [0.717, 1.165) is 60.3 Å². The maximum absolute atomic E-state index is 12.5. The molecule has 0 radical (unpaired) electrons. The lowest BCUT2D eigenvalue weighted by Crippen LogP contribution is -2.51. The van der Waals surface area contributed by atoms with Crippen LogP contribution < -0.4 is 4.74 Å². The molecule has 38 heavy (non-hydrogen) atoms. The molecule has 0 bridgehead atoms. The summed E-state index contributed by atoms with van der Waals surface area (Å²) in [5, 5.41) is 0. The number of allylic oxidation sites excluding steroid dienone is 1. The molecule has 0 saturated heterocycles. The van der Waals surface area contributed by atoms with Crippen molar-refractivity contribution in [1.29, 1.82) is 0 Å². The number of hydrogen-bond acceptors (Lipinski definition) is 3. The smallest absolute Gasteiger partial charge is 0.430 e. The Labute approximate surface area is 232 Å². The van der Waals surface area contributed by atoms with Crippen LogP contribution in [0.15, 0.2) is 35.9 Å². The van der Waals surface area contributed by atoms with Crippen LogP contribution in [0.3, 0.4) is 0 Å². The van der Waals surface area contributed by atoms with Crippen molar-refractivity contribution in [3.8, 4) is 5.75 Å². The average Bonchev–Trinajstić information content (AvgIpc) is 3.21. The van der Waals surface area contributed by atoms with E-state index in [1.807, 2.05) is 31.2 Å². The summed E-state index contributed by atoms with van der Waals surface area (Å²) in [6, 6.07) is 7.59. The molecule has 1 aromatic rings. The van der Waals surface area contributed by atoms with Crippen molar-refractivity contribution in [3.63, 3.8) is 0 Å². The molecule has 8 atom stereocenters. The lowest BCUT2D eigenvalue weighted by Gasteiger charge is -2.58. The molecular formula is C35H52O3. The minimum atomic E-state index is -0.563. The van der Waals surface area contributed by atoms with Crippen LogP contribution in [0.25, 0.3) is 0 Å². The lowest BCUT2D eigenvalue weighted by atomic mass is 9.47. The molecule has 0 N–H and O–H groups in total. The monoisotopic (exact) mass is 520 g/mol. The molecule has 5 rings (SSSR count). The van der Waals surface area contributed by atoms with Gasteiger partial charge in [-0.15, -0.1) is 0 Å². The highest BCUT2D eigenvalue weighted by Crippen LogP contribution is 2.67. The van der Waals surface area contributed by atoms with E-state index in [2.05, 4.69) is 40.7 Å². The Morgan fingerprint density at radius 3 is 2.61 bits per heavy atom. The summed E-state index contributed by atoms with van der Waals surface area (Å²) in [5.41, 5.74) is 3.42. The minimum absolute atomic E-state index is 0.0698. The summed E-state index contributed by atoms with van der Waals surface area (Å²) in [6.45, 7) is 14.5. The van der Waals surface area contributed by atoms with E-state index < -0.39 is 6.16 Å². The van der Waals surface area contributed by atoms with Gasteiger partial charge in [-0.1, -0.05) is 77.7 Å². The van der Waals surface area contributed by atoms with Gasteiger partial charge in [0.25, 0.3) is 0 Å².